The number of hydrogen-bond acceptors (Lipinski definition) is 5. The summed E-state index contributed by atoms with van der Waals surface area (Å²) < 4.78 is 6.43. The fourth-order valence-corrected chi connectivity index (χ4v) is 1.89. The third kappa shape index (κ3) is 4.02. The van der Waals surface area contributed by atoms with Gasteiger partial charge < -0.3 is 14.9 Å². The average molecular weight is 301 g/mol. The Labute approximate surface area is 127 Å². The van der Waals surface area contributed by atoms with Crippen LogP contribution in [0, 0.1) is 17.0 Å². The lowest BCUT2D eigenvalue weighted by molar-refractivity contribution is -0.392. The van der Waals surface area contributed by atoms with E-state index < -0.39 is 10.9 Å². The van der Waals surface area contributed by atoms with Gasteiger partial charge in [-0.1, -0.05) is 30.3 Å². The Morgan fingerprint density at radius 2 is 2.14 bits per heavy atom. The topological polar surface area (TPSA) is 87.3 Å². The van der Waals surface area contributed by atoms with Gasteiger partial charge in [-0.3, -0.25) is 0 Å². The zero-order chi connectivity index (χ0) is 15.9. The normalized spacial score (nSPS) is 10.8. The van der Waals surface area contributed by atoms with Crippen LogP contribution in [0.2, 0.25) is 0 Å². The molecular weight excluding hydrogens is 286 g/mol. The number of carbonyl (C=O) groups is 1. The van der Waals surface area contributed by atoms with E-state index in [1.807, 2.05) is 30.3 Å². The van der Waals surface area contributed by atoms with E-state index >= 15 is 0 Å². The van der Waals surface area contributed by atoms with Gasteiger partial charge in [0.1, 0.15) is 19.3 Å². The van der Waals surface area contributed by atoms with Crippen molar-refractivity contribution in [1.82, 2.24) is 9.55 Å². The molecule has 0 saturated carbocycles. The van der Waals surface area contributed by atoms with Crippen molar-refractivity contribution in [2.75, 3.05) is 6.61 Å². The minimum Gasteiger partial charge on any atom is -0.458 e. The van der Waals surface area contributed by atoms with Crippen molar-refractivity contribution in [1.29, 1.82) is 0 Å². The molecule has 1 aromatic carbocycles. The molecule has 0 atom stereocenters. The van der Waals surface area contributed by atoms with E-state index in [0.29, 0.717) is 5.82 Å². The number of benzene rings is 1. The van der Waals surface area contributed by atoms with Gasteiger partial charge in [-0.2, -0.15) is 0 Å². The van der Waals surface area contributed by atoms with Gasteiger partial charge in [0.05, 0.1) is 0 Å². The summed E-state index contributed by atoms with van der Waals surface area (Å²) in [6.07, 6.45) is 4.16. The molecular formula is C15H15N3O4. The first kappa shape index (κ1) is 15.4. The molecule has 0 aliphatic carbocycles. The molecule has 0 aliphatic rings. The first-order chi connectivity index (χ1) is 10.6. The second-order valence-electron chi connectivity index (χ2n) is 4.48. The van der Waals surface area contributed by atoms with Gasteiger partial charge in [0.25, 0.3) is 0 Å². The molecule has 2 aromatic rings. The van der Waals surface area contributed by atoms with Crippen molar-refractivity contribution in [3.63, 3.8) is 0 Å². The quantitative estimate of drug-likeness (QED) is 0.354. The van der Waals surface area contributed by atoms with Crippen LogP contribution in [0.4, 0.5) is 5.82 Å². The first-order valence-electron chi connectivity index (χ1n) is 6.64. The monoisotopic (exact) mass is 301 g/mol. The lowest BCUT2D eigenvalue weighted by atomic mass is 10.2. The standard InChI is InChI=1S/C15H15N3O4/c1-12-16-11-14(18(20)21)17(12)9-10-22-15(19)8-7-13-5-3-2-4-6-13/h2-8,11H,9-10H2,1H3. The number of imidazole rings is 1. The molecule has 0 fully saturated rings. The van der Waals surface area contributed by atoms with Gasteiger partial charge in [-0.15, -0.1) is 0 Å². The summed E-state index contributed by atoms with van der Waals surface area (Å²) in [5.74, 6) is -0.111. The number of rotatable bonds is 6. The fraction of sp³-hybridized carbons (Fsp3) is 0.200. The zero-order valence-corrected chi connectivity index (χ0v) is 12.0. The molecule has 0 unspecified atom stereocenters. The maximum absolute atomic E-state index is 11.6. The number of ether oxygens (including phenoxy) is 1. The predicted molar refractivity (Wildman–Crippen MR) is 80.1 cm³/mol. The van der Waals surface area contributed by atoms with Crippen molar-refractivity contribution >= 4 is 17.9 Å². The zero-order valence-electron chi connectivity index (χ0n) is 12.0. The van der Waals surface area contributed by atoms with Crippen LogP contribution in [0.3, 0.4) is 0 Å². The molecule has 0 N–H and O–H groups in total. The van der Waals surface area contributed by atoms with E-state index in [1.54, 1.807) is 13.0 Å². The van der Waals surface area contributed by atoms with Crippen LogP contribution in [0.5, 0.6) is 0 Å². The molecule has 1 heterocycles. The Bertz CT molecular complexity index is 692. The number of aryl methyl sites for hydroxylation is 1. The molecule has 0 spiro atoms. The van der Waals surface area contributed by atoms with E-state index in [9.17, 15) is 14.9 Å². The highest BCUT2D eigenvalue weighted by Gasteiger charge is 2.17. The van der Waals surface area contributed by atoms with Crippen molar-refractivity contribution in [2.24, 2.45) is 0 Å². The summed E-state index contributed by atoms with van der Waals surface area (Å²) in [4.78, 5) is 25.8. The molecule has 7 heteroatoms. The second kappa shape index (κ2) is 7.16. The van der Waals surface area contributed by atoms with Gasteiger partial charge in [-0.05, 0) is 16.6 Å². The Morgan fingerprint density at radius 3 is 2.82 bits per heavy atom. The third-order valence-corrected chi connectivity index (χ3v) is 2.99. The summed E-state index contributed by atoms with van der Waals surface area (Å²) in [5, 5.41) is 10.8. The molecule has 0 aliphatic heterocycles. The Balaban J connectivity index is 1.86. The Kier molecular flexibility index (Phi) is 5.02. The highest BCUT2D eigenvalue weighted by molar-refractivity contribution is 5.86. The van der Waals surface area contributed by atoms with Gasteiger partial charge in [0, 0.05) is 13.0 Å². The predicted octanol–water partition coefficient (Wildman–Crippen LogP) is 2.36. The van der Waals surface area contributed by atoms with Gasteiger partial charge in [0.15, 0.2) is 5.82 Å². The molecule has 1 aromatic heterocycles. The van der Waals surface area contributed by atoms with Crippen molar-refractivity contribution < 1.29 is 14.5 Å². The number of carbonyl (C=O) groups excluding carboxylic acids is 1. The lowest BCUT2D eigenvalue weighted by Gasteiger charge is -2.03. The van der Waals surface area contributed by atoms with E-state index in [2.05, 4.69) is 4.98 Å². The van der Waals surface area contributed by atoms with E-state index in [0.717, 1.165) is 5.56 Å². The van der Waals surface area contributed by atoms with Gasteiger partial charge in [0.2, 0.25) is 0 Å². The summed E-state index contributed by atoms with van der Waals surface area (Å²) in [5.41, 5.74) is 0.889. The van der Waals surface area contributed by atoms with Gasteiger partial charge >= 0.3 is 11.8 Å². The van der Waals surface area contributed by atoms with E-state index in [4.69, 9.17) is 4.74 Å². The van der Waals surface area contributed by atoms with Crippen molar-refractivity contribution in [3.8, 4) is 0 Å². The van der Waals surface area contributed by atoms with E-state index in [-0.39, 0.29) is 19.0 Å². The van der Waals surface area contributed by atoms with Crippen LogP contribution in [-0.2, 0) is 16.1 Å². The second-order valence-corrected chi connectivity index (χ2v) is 4.48. The Hall–Kier alpha value is -2.96. The minimum absolute atomic E-state index is 0.0377. The minimum atomic E-state index is -0.517. The van der Waals surface area contributed by atoms with Gasteiger partial charge in [-0.25, -0.2) is 14.3 Å². The summed E-state index contributed by atoms with van der Waals surface area (Å²) in [6, 6.07) is 9.35. The number of hydrogen-bond donors (Lipinski definition) is 0. The molecule has 22 heavy (non-hydrogen) atoms. The molecule has 7 nitrogen and oxygen atoms in total. The van der Waals surface area contributed by atoms with Crippen LogP contribution in [-0.4, -0.2) is 27.1 Å². The largest absolute Gasteiger partial charge is 0.458 e. The first-order valence-corrected chi connectivity index (χ1v) is 6.64. The lowest BCUT2D eigenvalue weighted by Crippen LogP contribution is -2.12. The summed E-state index contributed by atoms with van der Waals surface area (Å²) in [7, 11) is 0. The average Bonchev–Trinajstić information content (AvgIpc) is 2.88. The van der Waals surface area contributed by atoms with Crippen molar-refractivity contribution in [3.05, 3.63) is 64.1 Å². The molecule has 2 rings (SSSR count). The van der Waals surface area contributed by atoms with E-state index in [1.165, 1.54) is 16.8 Å². The maximum Gasteiger partial charge on any atom is 0.342 e. The van der Waals surface area contributed by atoms with Crippen molar-refractivity contribution in [2.45, 2.75) is 13.5 Å². The maximum atomic E-state index is 11.6. The molecule has 0 bridgehead atoms. The third-order valence-electron chi connectivity index (χ3n) is 2.99. The molecule has 0 saturated heterocycles. The smallest absolute Gasteiger partial charge is 0.342 e. The number of esters is 1. The number of nitrogens with zero attached hydrogens (tertiary/aromatic N) is 3. The number of nitro groups is 1. The highest BCUT2D eigenvalue weighted by atomic mass is 16.6. The van der Waals surface area contributed by atoms with Crippen LogP contribution in [0.25, 0.3) is 6.08 Å². The van der Waals surface area contributed by atoms with Crippen LogP contribution < -0.4 is 0 Å². The Morgan fingerprint density at radius 1 is 1.41 bits per heavy atom. The van der Waals surface area contributed by atoms with Crippen LogP contribution >= 0.6 is 0 Å². The molecule has 114 valence electrons. The number of aromatic nitrogens is 2. The highest BCUT2D eigenvalue weighted by Crippen LogP contribution is 2.13. The summed E-state index contributed by atoms with van der Waals surface area (Å²) >= 11 is 0. The summed E-state index contributed by atoms with van der Waals surface area (Å²) in [6.45, 7) is 1.88. The molecule has 0 amide bonds. The van der Waals surface area contributed by atoms with Crippen LogP contribution in [0.1, 0.15) is 11.4 Å². The molecule has 0 radical (unpaired) electrons. The fourth-order valence-electron chi connectivity index (χ4n) is 1.89. The SMILES string of the molecule is Cc1ncc([N+](=O)[O-])n1CCOC(=O)C=Cc1ccccc1. The van der Waals surface area contributed by atoms with Crippen LogP contribution in [0.15, 0.2) is 42.6 Å².